The van der Waals surface area contributed by atoms with Gasteiger partial charge in [0.05, 0.1) is 12.2 Å². The summed E-state index contributed by atoms with van der Waals surface area (Å²) in [6.07, 6.45) is 0.551. The minimum atomic E-state index is -4.43. The lowest BCUT2D eigenvalue weighted by atomic mass is 10.2. The number of rotatable bonds is 7. The largest absolute Gasteiger partial charge is 0.494 e. The summed E-state index contributed by atoms with van der Waals surface area (Å²) >= 11 is -0.289. The molecule has 128 valence electrons. The van der Waals surface area contributed by atoms with Crippen molar-refractivity contribution < 1.29 is 22.7 Å². The van der Waals surface area contributed by atoms with Gasteiger partial charge in [0.2, 0.25) is 0 Å². The Balaban J connectivity index is 1.80. The van der Waals surface area contributed by atoms with Crippen LogP contribution >= 0.6 is 11.8 Å². The van der Waals surface area contributed by atoms with E-state index in [9.17, 15) is 18.0 Å². The minimum absolute atomic E-state index is 0.0174. The first kappa shape index (κ1) is 18.2. The van der Waals surface area contributed by atoms with Crippen molar-refractivity contribution in [2.75, 3.05) is 13.2 Å². The first-order valence-corrected chi connectivity index (χ1v) is 8.08. The van der Waals surface area contributed by atoms with Crippen LogP contribution in [0.15, 0.2) is 59.5 Å². The Morgan fingerprint density at radius 1 is 1.04 bits per heavy atom. The zero-order chi connectivity index (χ0) is 17.4. The summed E-state index contributed by atoms with van der Waals surface area (Å²) in [6.45, 7) is 0.722. The summed E-state index contributed by atoms with van der Waals surface area (Å²) in [4.78, 5) is 11.9. The molecule has 0 aliphatic carbocycles. The lowest BCUT2D eigenvalue weighted by Gasteiger charge is -2.11. The van der Waals surface area contributed by atoms with Gasteiger partial charge in [0.25, 0.3) is 5.91 Å². The van der Waals surface area contributed by atoms with Crippen molar-refractivity contribution in [1.82, 2.24) is 5.32 Å². The zero-order valence-electron chi connectivity index (χ0n) is 12.7. The smallest absolute Gasteiger partial charge is 0.446 e. The van der Waals surface area contributed by atoms with Crippen molar-refractivity contribution in [3.63, 3.8) is 0 Å². The first-order chi connectivity index (χ1) is 11.5. The Morgan fingerprint density at radius 3 is 2.42 bits per heavy atom. The fourth-order valence-corrected chi connectivity index (χ4v) is 2.61. The van der Waals surface area contributed by atoms with Crippen LogP contribution in [0, 0.1) is 0 Å². The molecule has 1 N–H and O–H groups in total. The summed E-state index contributed by atoms with van der Waals surface area (Å²) in [5.41, 5.74) is -4.41. The van der Waals surface area contributed by atoms with E-state index < -0.39 is 11.4 Å². The van der Waals surface area contributed by atoms with Gasteiger partial charge < -0.3 is 10.1 Å². The average Bonchev–Trinajstić information content (AvgIpc) is 2.54. The number of para-hydroxylation sites is 1. The lowest BCUT2D eigenvalue weighted by Crippen LogP contribution is -2.26. The quantitative estimate of drug-likeness (QED) is 0.587. The molecular weight excluding hydrogens is 339 g/mol. The molecule has 3 nitrogen and oxygen atoms in total. The van der Waals surface area contributed by atoms with Crippen molar-refractivity contribution in [2.24, 2.45) is 0 Å². The minimum Gasteiger partial charge on any atom is -0.494 e. The van der Waals surface area contributed by atoms with E-state index in [4.69, 9.17) is 4.74 Å². The van der Waals surface area contributed by atoms with Crippen LogP contribution in [-0.2, 0) is 0 Å². The number of thioether (sulfide) groups is 1. The molecule has 7 heteroatoms. The highest BCUT2D eigenvalue weighted by atomic mass is 32.2. The molecular formula is C17H16F3NO2S. The number of carbonyl (C=O) groups excluding carboxylic acids is 1. The molecule has 0 saturated heterocycles. The molecule has 0 spiro atoms. The maximum Gasteiger partial charge on any atom is 0.446 e. The van der Waals surface area contributed by atoms with Crippen LogP contribution in [0.3, 0.4) is 0 Å². The second-order valence-corrected chi connectivity index (χ2v) is 5.92. The first-order valence-electron chi connectivity index (χ1n) is 7.26. The number of alkyl halides is 3. The van der Waals surface area contributed by atoms with E-state index >= 15 is 0 Å². The summed E-state index contributed by atoms with van der Waals surface area (Å²) in [5.74, 6) is 0.206. The summed E-state index contributed by atoms with van der Waals surface area (Å²) in [5, 5.41) is 2.61. The Hall–Kier alpha value is -2.15. The van der Waals surface area contributed by atoms with Crippen molar-refractivity contribution in [1.29, 1.82) is 0 Å². The molecule has 0 aliphatic rings. The molecule has 24 heavy (non-hydrogen) atoms. The van der Waals surface area contributed by atoms with Gasteiger partial charge in [-0.05, 0) is 42.4 Å². The van der Waals surface area contributed by atoms with Crippen LogP contribution in [-0.4, -0.2) is 24.6 Å². The number of hydrogen-bond acceptors (Lipinski definition) is 3. The van der Waals surface area contributed by atoms with E-state index in [1.807, 2.05) is 30.3 Å². The van der Waals surface area contributed by atoms with Crippen LogP contribution in [0.1, 0.15) is 16.8 Å². The van der Waals surface area contributed by atoms with Gasteiger partial charge in [0, 0.05) is 11.4 Å². The molecule has 2 rings (SSSR count). The third kappa shape index (κ3) is 6.16. The second-order valence-electron chi connectivity index (χ2n) is 4.81. The topological polar surface area (TPSA) is 38.3 Å². The number of carbonyl (C=O) groups is 1. The van der Waals surface area contributed by atoms with E-state index in [0.29, 0.717) is 19.6 Å². The number of halogens is 3. The monoisotopic (exact) mass is 355 g/mol. The SMILES string of the molecule is O=C(NCCCOc1ccccc1)c1ccccc1SC(F)(F)F. The average molecular weight is 355 g/mol. The summed E-state index contributed by atoms with van der Waals surface area (Å²) < 4.78 is 43.0. The number of amides is 1. The molecule has 0 atom stereocenters. The Morgan fingerprint density at radius 2 is 1.71 bits per heavy atom. The number of nitrogens with one attached hydrogen (secondary N) is 1. The molecule has 2 aromatic carbocycles. The van der Waals surface area contributed by atoms with Gasteiger partial charge >= 0.3 is 5.51 Å². The van der Waals surface area contributed by atoms with Crippen LogP contribution in [0.5, 0.6) is 5.75 Å². The van der Waals surface area contributed by atoms with Gasteiger partial charge in [-0.2, -0.15) is 13.2 Å². The highest BCUT2D eigenvalue weighted by Crippen LogP contribution is 2.38. The molecule has 0 fully saturated rings. The van der Waals surface area contributed by atoms with Gasteiger partial charge in [0.15, 0.2) is 0 Å². The van der Waals surface area contributed by atoms with Crippen LogP contribution in [0.25, 0.3) is 0 Å². The Labute approximate surface area is 142 Å². The van der Waals surface area contributed by atoms with Crippen LogP contribution < -0.4 is 10.1 Å². The lowest BCUT2D eigenvalue weighted by molar-refractivity contribution is -0.0328. The van der Waals surface area contributed by atoms with Crippen molar-refractivity contribution in [3.05, 3.63) is 60.2 Å². The molecule has 0 unspecified atom stereocenters. The van der Waals surface area contributed by atoms with E-state index in [2.05, 4.69) is 5.32 Å². The molecule has 2 aromatic rings. The summed E-state index contributed by atoms with van der Waals surface area (Å²) in [7, 11) is 0. The van der Waals surface area contributed by atoms with Crippen molar-refractivity contribution >= 4 is 17.7 Å². The molecule has 0 bridgehead atoms. The van der Waals surface area contributed by atoms with Gasteiger partial charge in [-0.15, -0.1) is 0 Å². The van der Waals surface area contributed by atoms with Gasteiger partial charge in [-0.25, -0.2) is 0 Å². The standard InChI is InChI=1S/C17H16F3NO2S/c18-17(19,20)24-15-10-5-4-9-14(15)16(22)21-11-6-12-23-13-7-2-1-3-8-13/h1-5,7-10H,6,11-12H2,(H,21,22). The summed E-state index contributed by atoms with van der Waals surface area (Å²) in [6, 6.07) is 14.9. The molecule has 0 aliphatic heterocycles. The Kier molecular flexibility index (Phi) is 6.54. The maximum absolute atomic E-state index is 12.5. The highest BCUT2D eigenvalue weighted by molar-refractivity contribution is 8.00. The van der Waals surface area contributed by atoms with E-state index in [-0.39, 0.29) is 22.2 Å². The molecule has 0 radical (unpaired) electrons. The van der Waals surface area contributed by atoms with E-state index in [1.165, 1.54) is 24.3 Å². The van der Waals surface area contributed by atoms with E-state index in [1.54, 1.807) is 0 Å². The predicted molar refractivity (Wildman–Crippen MR) is 87.2 cm³/mol. The third-order valence-corrected chi connectivity index (χ3v) is 3.78. The highest BCUT2D eigenvalue weighted by Gasteiger charge is 2.31. The van der Waals surface area contributed by atoms with Crippen LogP contribution in [0.4, 0.5) is 13.2 Å². The molecule has 0 saturated carbocycles. The molecule has 1 amide bonds. The molecule has 0 heterocycles. The van der Waals surface area contributed by atoms with Gasteiger partial charge in [0.1, 0.15) is 5.75 Å². The maximum atomic E-state index is 12.5. The van der Waals surface area contributed by atoms with Crippen molar-refractivity contribution in [3.8, 4) is 5.75 Å². The van der Waals surface area contributed by atoms with E-state index in [0.717, 1.165) is 5.75 Å². The Bertz CT molecular complexity index is 662. The number of benzene rings is 2. The molecule has 0 aromatic heterocycles. The normalized spacial score (nSPS) is 11.1. The fraction of sp³-hybridized carbons (Fsp3) is 0.235. The zero-order valence-corrected chi connectivity index (χ0v) is 13.5. The number of hydrogen-bond donors (Lipinski definition) is 1. The fourth-order valence-electron chi connectivity index (χ4n) is 1.94. The predicted octanol–water partition coefficient (Wildman–Crippen LogP) is 4.50. The number of ether oxygens (including phenoxy) is 1. The second kappa shape index (κ2) is 8.63. The van der Waals surface area contributed by atoms with Crippen LogP contribution in [0.2, 0.25) is 0 Å². The third-order valence-electron chi connectivity index (χ3n) is 2.98. The van der Waals surface area contributed by atoms with Gasteiger partial charge in [-0.3, -0.25) is 4.79 Å². The van der Waals surface area contributed by atoms with Crippen molar-refractivity contribution in [2.45, 2.75) is 16.8 Å². The van der Waals surface area contributed by atoms with Gasteiger partial charge in [-0.1, -0.05) is 30.3 Å².